The molecule has 0 bridgehead atoms. The fraction of sp³-hybridized carbons (Fsp3) is 0.0500. The summed E-state index contributed by atoms with van der Waals surface area (Å²) in [4.78, 5) is 27.1. The van der Waals surface area contributed by atoms with Gasteiger partial charge in [0.1, 0.15) is 23.0 Å². The number of aromatic nitrogens is 1. The molecular formula is C20H14FNO5. The first-order chi connectivity index (χ1) is 13.0. The SMILES string of the molecule is COC(=O)c1cc(C(=O)O)nc(-c2ccc(Oc3ccc(F)cc3)cc2)c1. The Bertz CT molecular complexity index is 984. The average Bonchev–Trinajstić information content (AvgIpc) is 2.69. The Labute approximate surface area is 153 Å². The molecule has 1 N–H and O–H groups in total. The number of esters is 1. The summed E-state index contributed by atoms with van der Waals surface area (Å²) >= 11 is 0. The highest BCUT2D eigenvalue weighted by Gasteiger charge is 2.15. The van der Waals surface area contributed by atoms with Gasteiger partial charge in [-0.05, 0) is 60.7 Å². The Morgan fingerprint density at radius 3 is 2.11 bits per heavy atom. The largest absolute Gasteiger partial charge is 0.477 e. The second kappa shape index (κ2) is 7.65. The van der Waals surface area contributed by atoms with Crippen molar-refractivity contribution in [3.8, 4) is 22.8 Å². The first kappa shape index (κ1) is 18.1. The van der Waals surface area contributed by atoms with Gasteiger partial charge in [0.15, 0.2) is 0 Å². The Hall–Kier alpha value is -3.74. The number of aromatic carboxylic acids is 1. The molecule has 2 aromatic carbocycles. The topological polar surface area (TPSA) is 85.7 Å². The lowest BCUT2D eigenvalue weighted by Gasteiger charge is -2.08. The second-order valence-corrected chi connectivity index (χ2v) is 5.50. The Kier molecular flexibility index (Phi) is 5.12. The molecule has 0 radical (unpaired) electrons. The number of methoxy groups -OCH3 is 1. The molecule has 136 valence electrons. The van der Waals surface area contributed by atoms with Gasteiger partial charge in [-0.25, -0.2) is 19.0 Å². The highest BCUT2D eigenvalue weighted by atomic mass is 19.1. The fourth-order valence-corrected chi connectivity index (χ4v) is 2.36. The van der Waals surface area contributed by atoms with Crippen molar-refractivity contribution in [1.29, 1.82) is 0 Å². The van der Waals surface area contributed by atoms with Gasteiger partial charge in [0.25, 0.3) is 0 Å². The number of rotatable bonds is 5. The summed E-state index contributed by atoms with van der Waals surface area (Å²) in [6.07, 6.45) is 0. The first-order valence-electron chi connectivity index (χ1n) is 7.84. The van der Waals surface area contributed by atoms with Gasteiger partial charge in [-0.15, -0.1) is 0 Å². The van der Waals surface area contributed by atoms with E-state index in [1.807, 2.05) is 0 Å². The molecule has 27 heavy (non-hydrogen) atoms. The average molecular weight is 367 g/mol. The predicted molar refractivity (Wildman–Crippen MR) is 94.4 cm³/mol. The molecule has 0 spiro atoms. The number of carbonyl (C=O) groups excluding carboxylic acids is 1. The molecule has 0 aliphatic heterocycles. The molecule has 0 saturated carbocycles. The predicted octanol–water partition coefficient (Wildman–Crippen LogP) is 4.16. The molecule has 0 atom stereocenters. The third-order valence-electron chi connectivity index (χ3n) is 3.66. The summed E-state index contributed by atoms with van der Waals surface area (Å²) in [5, 5.41) is 9.20. The molecule has 0 saturated heterocycles. The lowest BCUT2D eigenvalue weighted by atomic mass is 10.1. The normalized spacial score (nSPS) is 10.3. The molecule has 3 rings (SSSR count). The van der Waals surface area contributed by atoms with E-state index >= 15 is 0 Å². The van der Waals surface area contributed by atoms with Crippen LogP contribution in [0, 0.1) is 5.82 Å². The van der Waals surface area contributed by atoms with Crippen molar-refractivity contribution >= 4 is 11.9 Å². The van der Waals surface area contributed by atoms with Crippen LogP contribution in [0.15, 0.2) is 60.7 Å². The van der Waals surface area contributed by atoms with E-state index in [0.29, 0.717) is 22.8 Å². The third-order valence-corrected chi connectivity index (χ3v) is 3.66. The van der Waals surface area contributed by atoms with Gasteiger partial charge in [0, 0.05) is 5.56 Å². The number of pyridine rings is 1. The summed E-state index contributed by atoms with van der Waals surface area (Å²) < 4.78 is 23.2. The number of carboxylic acid groups (broad SMARTS) is 1. The number of benzene rings is 2. The van der Waals surface area contributed by atoms with Crippen LogP contribution in [0.3, 0.4) is 0 Å². The van der Waals surface area contributed by atoms with Gasteiger partial charge in [-0.1, -0.05) is 0 Å². The van der Waals surface area contributed by atoms with Crippen molar-refractivity contribution in [2.24, 2.45) is 0 Å². The van der Waals surface area contributed by atoms with Gasteiger partial charge in [0.05, 0.1) is 18.4 Å². The molecule has 6 nitrogen and oxygen atoms in total. The minimum Gasteiger partial charge on any atom is -0.477 e. The zero-order valence-electron chi connectivity index (χ0n) is 14.2. The van der Waals surface area contributed by atoms with Crippen LogP contribution in [-0.4, -0.2) is 29.1 Å². The Morgan fingerprint density at radius 2 is 1.56 bits per heavy atom. The van der Waals surface area contributed by atoms with E-state index in [2.05, 4.69) is 9.72 Å². The van der Waals surface area contributed by atoms with E-state index < -0.39 is 11.9 Å². The number of ether oxygens (including phenoxy) is 2. The molecule has 0 amide bonds. The number of carbonyl (C=O) groups is 2. The smallest absolute Gasteiger partial charge is 0.354 e. The van der Waals surface area contributed by atoms with Gasteiger partial charge < -0.3 is 14.6 Å². The number of hydrogen-bond donors (Lipinski definition) is 1. The van der Waals surface area contributed by atoms with E-state index in [-0.39, 0.29) is 17.1 Å². The lowest BCUT2D eigenvalue weighted by molar-refractivity contribution is 0.0600. The van der Waals surface area contributed by atoms with Crippen molar-refractivity contribution in [1.82, 2.24) is 4.98 Å². The van der Waals surface area contributed by atoms with Crippen LogP contribution < -0.4 is 4.74 Å². The van der Waals surface area contributed by atoms with Crippen molar-refractivity contribution in [3.63, 3.8) is 0 Å². The van der Waals surface area contributed by atoms with Crippen LogP contribution in [0.25, 0.3) is 11.3 Å². The number of carboxylic acids is 1. The van der Waals surface area contributed by atoms with Gasteiger partial charge in [0.2, 0.25) is 0 Å². The number of hydrogen-bond acceptors (Lipinski definition) is 5. The first-order valence-corrected chi connectivity index (χ1v) is 7.84. The summed E-state index contributed by atoms with van der Waals surface area (Å²) in [6.45, 7) is 0. The molecule has 1 aromatic heterocycles. The molecule has 0 aliphatic carbocycles. The maximum atomic E-state index is 12.9. The Balaban J connectivity index is 1.89. The van der Waals surface area contributed by atoms with Crippen molar-refractivity contribution in [2.45, 2.75) is 0 Å². The molecule has 3 aromatic rings. The van der Waals surface area contributed by atoms with E-state index in [1.54, 1.807) is 24.3 Å². The van der Waals surface area contributed by atoms with Crippen LogP contribution >= 0.6 is 0 Å². The summed E-state index contributed by atoms with van der Waals surface area (Å²) in [5.41, 5.74) is 0.726. The number of nitrogens with zero attached hydrogens (tertiary/aromatic N) is 1. The monoisotopic (exact) mass is 367 g/mol. The minimum absolute atomic E-state index is 0.0894. The van der Waals surface area contributed by atoms with Crippen LogP contribution in [0.5, 0.6) is 11.5 Å². The standard InChI is InChI=1S/C20H14FNO5/c1-26-20(25)13-10-17(22-18(11-13)19(23)24)12-2-6-15(7-3-12)27-16-8-4-14(21)5-9-16/h2-11H,1H3,(H,23,24). The van der Waals surface area contributed by atoms with Crippen LogP contribution in [0.1, 0.15) is 20.8 Å². The van der Waals surface area contributed by atoms with E-state index in [0.717, 1.165) is 6.07 Å². The summed E-state index contributed by atoms with van der Waals surface area (Å²) in [5.74, 6) is -1.28. The fourth-order valence-electron chi connectivity index (χ4n) is 2.36. The molecule has 1 heterocycles. The van der Waals surface area contributed by atoms with Crippen LogP contribution in [-0.2, 0) is 4.74 Å². The minimum atomic E-state index is -1.25. The van der Waals surface area contributed by atoms with E-state index in [1.165, 1.54) is 37.4 Å². The van der Waals surface area contributed by atoms with Gasteiger partial charge in [-0.2, -0.15) is 0 Å². The van der Waals surface area contributed by atoms with Crippen LogP contribution in [0.2, 0.25) is 0 Å². The Morgan fingerprint density at radius 1 is 0.963 bits per heavy atom. The maximum absolute atomic E-state index is 12.9. The van der Waals surface area contributed by atoms with E-state index in [9.17, 15) is 19.1 Å². The summed E-state index contributed by atoms with van der Waals surface area (Å²) in [7, 11) is 1.21. The highest BCUT2D eigenvalue weighted by molar-refractivity contribution is 5.94. The molecule has 0 fully saturated rings. The molecule has 7 heteroatoms. The van der Waals surface area contributed by atoms with E-state index in [4.69, 9.17) is 4.74 Å². The number of halogens is 1. The van der Waals surface area contributed by atoms with Crippen molar-refractivity contribution < 1.29 is 28.6 Å². The zero-order valence-corrected chi connectivity index (χ0v) is 14.2. The van der Waals surface area contributed by atoms with Gasteiger partial charge >= 0.3 is 11.9 Å². The van der Waals surface area contributed by atoms with Crippen molar-refractivity contribution in [3.05, 3.63) is 77.7 Å². The lowest BCUT2D eigenvalue weighted by Crippen LogP contribution is -2.08. The summed E-state index contributed by atoms with van der Waals surface area (Å²) in [6, 6.07) is 14.9. The molecule has 0 unspecified atom stereocenters. The zero-order chi connectivity index (χ0) is 19.4. The molecule has 0 aliphatic rings. The van der Waals surface area contributed by atoms with Crippen molar-refractivity contribution in [2.75, 3.05) is 7.11 Å². The highest BCUT2D eigenvalue weighted by Crippen LogP contribution is 2.26. The quantitative estimate of drug-likeness (QED) is 0.682. The molecular weight excluding hydrogens is 353 g/mol. The van der Waals surface area contributed by atoms with Crippen LogP contribution in [0.4, 0.5) is 4.39 Å². The van der Waals surface area contributed by atoms with Gasteiger partial charge in [-0.3, -0.25) is 0 Å². The second-order valence-electron chi connectivity index (χ2n) is 5.50. The third kappa shape index (κ3) is 4.27. The maximum Gasteiger partial charge on any atom is 0.354 e.